The molecule has 0 aliphatic heterocycles. The van der Waals surface area contributed by atoms with Gasteiger partial charge in [0.1, 0.15) is 11.6 Å². The van der Waals surface area contributed by atoms with Gasteiger partial charge in [0.2, 0.25) is 5.82 Å². The number of H-pyrrole nitrogens is 1. The summed E-state index contributed by atoms with van der Waals surface area (Å²) in [6.07, 6.45) is 1.71. The number of carbonyl (C=O) groups is 1. The third kappa shape index (κ3) is 3.36. The summed E-state index contributed by atoms with van der Waals surface area (Å²) in [4.78, 5) is 16.2. The Hall–Kier alpha value is -1.89. The van der Waals surface area contributed by atoms with Crippen LogP contribution in [-0.2, 0) is 6.42 Å². The molecule has 6 nitrogen and oxygen atoms in total. The van der Waals surface area contributed by atoms with Crippen LogP contribution in [0.3, 0.4) is 0 Å². The van der Waals surface area contributed by atoms with E-state index >= 15 is 0 Å². The lowest BCUT2D eigenvalue weighted by atomic mass is 10.3. The maximum Gasteiger partial charge on any atom is 0.295 e. The fraction of sp³-hybridized carbons (Fsp3) is 0.308. The van der Waals surface area contributed by atoms with E-state index in [-0.39, 0.29) is 11.7 Å². The molecule has 0 aliphatic rings. The van der Waals surface area contributed by atoms with Crippen LogP contribution >= 0.6 is 15.9 Å². The number of aromatic nitrogens is 3. The van der Waals surface area contributed by atoms with Crippen LogP contribution in [0.1, 0.15) is 29.8 Å². The zero-order valence-corrected chi connectivity index (χ0v) is 12.8. The number of halogens is 1. The van der Waals surface area contributed by atoms with Crippen LogP contribution in [0.15, 0.2) is 22.7 Å². The van der Waals surface area contributed by atoms with Gasteiger partial charge in [0.15, 0.2) is 0 Å². The molecule has 1 amide bonds. The van der Waals surface area contributed by atoms with E-state index in [2.05, 4.69) is 36.4 Å². The molecule has 0 radical (unpaired) electrons. The Balaban J connectivity index is 2.14. The second-order valence-electron chi connectivity index (χ2n) is 4.16. The lowest BCUT2D eigenvalue weighted by Gasteiger charge is -2.07. The van der Waals surface area contributed by atoms with Gasteiger partial charge in [-0.15, -0.1) is 5.10 Å². The maximum absolute atomic E-state index is 12.1. The zero-order chi connectivity index (χ0) is 14.5. The Morgan fingerprint density at radius 2 is 2.30 bits per heavy atom. The summed E-state index contributed by atoms with van der Waals surface area (Å²) in [6.45, 7) is 2.04. The first-order valence-electron chi connectivity index (χ1n) is 6.20. The van der Waals surface area contributed by atoms with Crippen molar-refractivity contribution in [3.05, 3.63) is 34.3 Å². The summed E-state index contributed by atoms with van der Waals surface area (Å²) < 4.78 is 5.88. The summed E-state index contributed by atoms with van der Waals surface area (Å²) in [5, 5.41) is 9.41. The van der Waals surface area contributed by atoms with Crippen molar-refractivity contribution in [1.29, 1.82) is 0 Å². The van der Waals surface area contributed by atoms with Gasteiger partial charge in [-0.3, -0.25) is 9.89 Å². The summed E-state index contributed by atoms with van der Waals surface area (Å²) in [5.41, 5.74) is 0.608. The van der Waals surface area contributed by atoms with E-state index in [4.69, 9.17) is 4.74 Å². The second kappa shape index (κ2) is 6.51. The van der Waals surface area contributed by atoms with E-state index in [0.717, 1.165) is 17.3 Å². The van der Waals surface area contributed by atoms with Gasteiger partial charge in [-0.1, -0.05) is 6.92 Å². The Morgan fingerprint density at radius 3 is 3.00 bits per heavy atom. The molecular formula is C13H15BrN4O2. The minimum absolute atomic E-state index is 0.128. The first-order valence-corrected chi connectivity index (χ1v) is 6.99. The zero-order valence-electron chi connectivity index (χ0n) is 11.2. The number of hydrogen-bond acceptors (Lipinski definition) is 4. The number of amides is 1. The molecule has 0 spiro atoms. The highest BCUT2D eigenvalue weighted by molar-refractivity contribution is 9.10. The molecule has 20 heavy (non-hydrogen) atoms. The van der Waals surface area contributed by atoms with E-state index in [1.807, 2.05) is 6.92 Å². The van der Waals surface area contributed by atoms with Crippen LogP contribution < -0.4 is 10.1 Å². The molecule has 0 saturated heterocycles. The number of rotatable bonds is 5. The Kier molecular flexibility index (Phi) is 4.73. The smallest absolute Gasteiger partial charge is 0.295 e. The third-order valence-electron chi connectivity index (χ3n) is 2.64. The first kappa shape index (κ1) is 14.5. The standard InChI is InChI=1S/C13H15BrN4O2/c1-3-4-11-16-12(18-17-11)13(19)15-10-7-8(20-2)5-6-9(10)14/h5-7H,3-4H2,1-2H3,(H,15,19)(H,16,17,18). The van der Waals surface area contributed by atoms with Crippen molar-refractivity contribution in [2.24, 2.45) is 0 Å². The Morgan fingerprint density at radius 1 is 1.50 bits per heavy atom. The van der Waals surface area contributed by atoms with Gasteiger partial charge in [0.05, 0.1) is 12.8 Å². The molecule has 1 heterocycles. The molecule has 106 valence electrons. The van der Waals surface area contributed by atoms with Gasteiger partial charge in [0, 0.05) is 17.0 Å². The topological polar surface area (TPSA) is 79.9 Å². The molecule has 0 aliphatic carbocycles. The molecule has 0 unspecified atom stereocenters. The Labute approximate surface area is 125 Å². The van der Waals surface area contributed by atoms with Crippen LogP contribution in [0.5, 0.6) is 5.75 Å². The number of anilines is 1. The summed E-state index contributed by atoms with van der Waals surface area (Å²) in [5.74, 6) is 1.13. The summed E-state index contributed by atoms with van der Waals surface area (Å²) in [7, 11) is 1.57. The fourth-order valence-electron chi connectivity index (χ4n) is 1.65. The first-order chi connectivity index (χ1) is 9.63. The molecule has 2 N–H and O–H groups in total. The largest absolute Gasteiger partial charge is 0.497 e. The van der Waals surface area contributed by atoms with Crippen LogP contribution in [0, 0.1) is 0 Å². The van der Waals surface area contributed by atoms with Crippen molar-refractivity contribution < 1.29 is 9.53 Å². The average molecular weight is 339 g/mol. The molecule has 7 heteroatoms. The van der Waals surface area contributed by atoms with Crippen LogP contribution in [0.2, 0.25) is 0 Å². The highest BCUT2D eigenvalue weighted by Gasteiger charge is 2.14. The minimum atomic E-state index is -0.363. The highest BCUT2D eigenvalue weighted by Crippen LogP contribution is 2.27. The number of hydrogen-bond donors (Lipinski definition) is 2. The summed E-state index contributed by atoms with van der Waals surface area (Å²) >= 11 is 3.37. The predicted octanol–water partition coefficient (Wildman–Crippen LogP) is 2.78. The molecule has 1 aromatic carbocycles. The van der Waals surface area contributed by atoms with Crippen molar-refractivity contribution in [3.8, 4) is 5.75 Å². The van der Waals surface area contributed by atoms with Crippen molar-refractivity contribution in [1.82, 2.24) is 15.2 Å². The molecule has 0 bridgehead atoms. The SMILES string of the molecule is CCCc1nc(C(=O)Nc2cc(OC)ccc2Br)n[nH]1. The van der Waals surface area contributed by atoms with Gasteiger partial charge in [-0.05, 0) is 34.5 Å². The average Bonchev–Trinajstić information content (AvgIpc) is 2.90. The normalized spacial score (nSPS) is 10.3. The molecule has 0 saturated carbocycles. The third-order valence-corrected chi connectivity index (χ3v) is 3.33. The lowest BCUT2D eigenvalue weighted by Crippen LogP contribution is -2.14. The van der Waals surface area contributed by atoms with Crippen molar-refractivity contribution in [2.75, 3.05) is 12.4 Å². The van der Waals surface area contributed by atoms with E-state index < -0.39 is 0 Å². The number of aryl methyl sites for hydroxylation is 1. The molecule has 2 aromatic rings. The number of nitrogens with one attached hydrogen (secondary N) is 2. The van der Waals surface area contributed by atoms with Crippen LogP contribution in [-0.4, -0.2) is 28.2 Å². The molecule has 0 fully saturated rings. The van der Waals surface area contributed by atoms with E-state index in [1.165, 1.54) is 0 Å². The number of nitrogens with zero attached hydrogens (tertiary/aromatic N) is 2. The number of methoxy groups -OCH3 is 1. The van der Waals surface area contributed by atoms with Gasteiger partial charge in [-0.2, -0.15) is 0 Å². The van der Waals surface area contributed by atoms with Gasteiger partial charge in [0.25, 0.3) is 5.91 Å². The maximum atomic E-state index is 12.1. The molecule has 0 atom stereocenters. The van der Waals surface area contributed by atoms with Gasteiger partial charge in [-0.25, -0.2) is 4.98 Å². The predicted molar refractivity (Wildman–Crippen MR) is 79.0 cm³/mol. The van der Waals surface area contributed by atoms with E-state index in [9.17, 15) is 4.79 Å². The van der Waals surface area contributed by atoms with Crippen molar-refractivity contribution in [2.45, 2.75) is 19.8 Å². The molecular weight excluding hydrogens is 324 g/mol. The minimum Gasteiger partial charge on any atom is -0.497 e. The van der Waals surface area contributed by atoms with Crippen LogP contribution in [0.25, 0.3) is 0 Å². The number of carbonyl (C=O) groups excluding carboxylic acids is 1. The number of ether oxygens (including phenoxy) is 1. The second-order valence-corrected chi connectivity index (χ2v) is 5.01. The van der Waals surface area contributed by atoms with E-state index in [0.29, 0.717) is 17.3 Å². The fourth-order valence-corrected chi connectivity index (χ4v) is 2.00. The van der Waals surface area contributed by atoms with Gasteiger partial charge >= 0.3 is 0 Å². The van der Waals surface area contributed by atoms with Crippen LogP contribution in [0.4, 0.5) is 5.69 Å². The summed E-state index contributed by atoms with van der Waals surface area (Å²) in [6, 6.07) is 5.32. The highest BCUT2D eigenvalue weighted by atomic mass is 79.9. The Bertz CT molecular complexity index is 612. The monoisotopic (exact) mass is 338 g/mol. The number of benzene rings is 1. The lowest BCUT2D eigenvalue weighted by molar-refractivity contribution is 0.101. The van der Waals surface area contributed by atoms with Crippen molar-refractivity contribution in [3.63, 3.8) is 0 Å². The molecule has 2 rings (SSSR count). The van der Waals surface area contributed by atoms with Crippen molar-refractivity contribution >= 4 is 27.5 Å². The number of aromatic amines is 1. The quantitative estimate of drug-likeness (QED) is 0.878. The molecule has 1 aromatic heterocycles. The van der Waals surface area contributed by atoms with E-state index in [1.54, 1.807) is 25.3 Å². The van der Waals surface area contributed by atoms with Gasteiger partial charge < -0.3 is 10.1 Å².